The number of rotatable bonds is 3. The Hall–Kier alpha value is -1.22. The van der Waals surface area contributed by atoms with Crippen LogP contribution in [-0.4, -0.2) is 16.3 Å². The van der Waals surface area contributed by atoms with E-state index in [0.717, 1.165) is 12.0 Å². The third-order valence-corrected chi connectivity index (χ3v) is 2.37. The lowest BCUT2D eigenvalue weighted by atomic mass is 10.0. The van der Waals surface area contributed by atoms with Crippen molar-refractivity contribution in [1.29, 1.82) is 0 Å². The van der Waals surface area contributed by atoms with Crippen LogP contribution in [0.4, 0.5) is 0 Å². The molecule has 1 rings (SSSR count). The summed E-state index contributed by atoms with van der Waals surface area (Å²) >= 11 is 0. The van der Waals surface area contributed by atoms with Crippen LogP contribution in [-0.2, 0) is 6.42 Å². The number of nitrogens with two attached hydrogens (primary N) is 1. The van der Waals surface area contributed by atoms with Crippen molar-refractivity contribution in [2.75, 3.05) is 0 Å². The van der Waals surface area contributed by atoms with Crippen molar-refractivity contribution in [3.8, 4) is 11.5 Å². The molecule has 1 atom stereocenters. The minimum atomic E-state index is 0.0297. The molecule has 3 heteroatoms. The molecule has 78 valence electrons. The van der Waals surface area contributed by atoms with Crippen LogP contribution in [0.15, 0.2) is 12.1 Å². The second-order valence-corrected chi connectivity index (χ2v) is 3.64. The Morgan fingerprint density at radius 1 is 1.36 bits per heavy atom. The Balaban J connectivity index is 2.96. The fourth-order valence-corrected chi connectivity index (χ4v) is 1.41. The highest BCUT2D eigenvalue weighted by atomic mass is 16.3. The molecule has 0 saturated heterocycles. The van der Waals surface area contributed by atoms with E-state index in [2.05, 4.69) is 0 Å². The second kappa shape index (κ2) is 4.33. The molecule has 0 aliphatic heterocycles. The molecule has 0 radical (unpaired) electrons. The highest BCUT2D eigenvalue weighted by molar-refractivity contribution is 5.45. The number of hydrogen-bond donors (Lipinski definition) is 3. The molecule has 0 saturated carbocycles. The van der Waals surface area contributed by atoms with Gasteiger partial charge in [-0.3, -0.25) is 0 Å². The molecule has 0 fully saturated rings. The van der Waals surface area contributed by atoms with Crippen molar-refractivity contribution < 1.29 is 10.2 Å². The van der Waals surface area contributed by atoms with E-state index in [9.17, 15) is 10.2 Å². The Labute approximate surface area is 84.2 Å². The van der Waals surface area contributed by atoms with Crippen LogP contribution >= 0.6 is 0 Å². The molecule has 14 heavy (non-hydrogen) atoms. The van der Waals surface area contributed by atoms with Crippen molar-refractivity contribution in [3.63, 3.8) is 0 Å². The van der Waals surface area contributed by atoms with E-state index in [4.69, 9.17) is 5.73 Å². The first kappa shape index (κ1) is 10.9. The van der Waals surface area contributed by atoms with E-state index < -0.39 is 0 Å². The molecule has 3 nitrogen and oxygen atoms in total. The fraction of sp³-hybridized carbons (Fsp3) is 0.455. The van der Waals surface area contributed by atoms with Gasteiger partial charge in [0.1, 0.15) is 11.5 Å². The molecule has 0 aliphatic rings. The highest BCUT2D eigenvalue weighted by Gasteiger charge is 2.09. The molecule has 1 aromatic rings. The summed E-state index contributed by atoms with van der Waals surface area (Å²) in [5.74, 6) is 0.422. The van der Waals surface area contributed by atoms with Gasteiger partial charge in [0.2, 0.25) is 0 Å². The molecule has 0 bridgehead atoms. The monoisotopic (exact) mass is 195 g/mol. The lowest BCUT2D eigenvalue weighted by Crippen LogP contribution is -2.21. The van der Waals surface area contributed by atoms with Crippen LogP contribution in [0, 0.1) is 6.92 Å². The van der Waals surface area contributed by atoms with Gasteiger partial charge >= 0.3 is 0 Å². The van der Waals surface area contributed by atoms with Gasteiger partial charge in [-0.2, -0.15) is 0 Å². The average Bonchev–Trinajstić information content (AvgIpc) is 2.13. The summed E-state index contributed by atoms with van der Waals surface area (Å²) in [5.41, 5.74) is 7.18. The van der Waals surface area contributed by atoms with Gasteiger partial charge in [0, 0.05) is 6.04 Å². The summed E-state index contributed by atoms with van der Waals surface area (Å²) in [6.45, 7) is 3.76. The Morgan fingerprint density at radius 2 is 2.00 bits per heavy atom. The standard InChI is InChI=1S/C11H17NO2/c1-3-9(12)5-8-6-10(13)4-7(2)11(8)14/h4,6,9,13-14H,3,5,12H2,1-2H3. The first-order valence-corrected chi connectivity index (χ1v) is 4.81. The van der Waals surface area contributed by atoms with Gasteiger partial charge < -0.3 is 15.9 Å². The maximum atomic E-state index is 9.70. The molecule has 1 unspecified atom stereocenters. The summed E-state index contributed by atoms with van der Waals surface area (Å²) in [6, 6.07) is 3.14. The Kier molecular flexibility index (Phi) is 3.36. The van der Waals surface area contributed by atoms with Crippen molar-refractivity contribution >= 4 is 0 Å². The topological polar surface area (TPSA) is 66.5 Å². The molecule has 0 aromatic heterocycles. The van der Waals surface area contributed by atoms with Crippen LogP contribution in [0.25, 0.3) is 0 Å². The highest BCUT2D eigenvalue weighted by Crippen LogP contribution is 2.28. The van der Waals surface area contributed by atoms with E-state index in [-0.39, 0.29) is 17.5 Å². The number of aryl methyl sites for hydroxylation is 1. The number of aromatic hydroxyl groups is 2. The molecule has 4 N–H and O–H groups in total. The van der Waals surface area contributed by atoms with E-state index in [1.54, 1.807) is 13.0 Å². The SMILES string of the molecule is CCC(N)Cc1cc(O)cc(C)c1O. The summed E-state index contributed by atoms with van der Waals surface area (Å²) < 4.78 is 0. The third kappa shape index (κ3) is 2.39. The predicted molar refractivity (Wildman–Crippen MR) is 56.5 cm³/mol. The van der Waals surface area contributed by atoms with E-state index >= 15 is 0 Å². The minimum Gasteiger partial charge on any atom is -0.508 e. The maximum Gasteiger partial charge on any atom is 0.121 e. The quantitative estimate of drug-likeness (QED) is 0.643. The van der Waals surface area contributed by atoms with Gasteiger partial charge in [0.25, 0.3) is 0 Å². The molecule has 0 heterocycles. The predicted octanol–water partition coefficient (Wildman–Crippen LogP) is 1.69. The van der Waals surface area contributed by atoms with Crippen molar-refractivity contribution in [1.82, 2.24) is 0 Å². The first-order chi connectivity index (χ1) is 6.54. The number of phenolic OH excluding ortho intramolecular Hbond substituents is 2. The number of phenols is 2. The molecule has 0 amide bonds. The molecule has 0 spiro atoms. The molecule has 0 aliphatic carbocycles. The third-order valence-electron chi connectivity index (χ3n) is 2.37. The smallest absolute Gasteiger partial charge is 0.121 e. The van der Waals surface area contributed by atoms with E-state index in [1.807, 2.05) is 6.92 Å². The minimum absolute atomic E-state index is 0.0297. The summed E-state index contributed by atoms with van der Waals surface area (Å²) in [7, 11) is 0. The van der Waals surface area contributed by atoms with Gasteiger partial charge in [-0.15, -0.1) is 0 Å². The Bertz CT molecular complexity index is 323. The molecule has 1 aromatic carbocycles. The van der Waals surface area contributed by atoms with Crippen molar-refractivity contribution in [2.24, 2.45) is 5.73 Å². The van der Waals surface area contributed by atoms with Crippen LogP contribution in [0.5, 0.6) is 11.5 Å². The summed E-state index contributed by atoms with van der Waals surface area (Å²) in [5, 5.41) is 19.1. The number of benzene rings is 1. The van der Waals surface area contributed by atoms with Crippen LogP contribution in [0.2, 0.25) is 0 Å². The average molecular weight is 195 g/mol. The first-order valence-electron chi connectivity index (χ1n) is 4.81. The molecular weight excluding hydrogens is 178 g/mol. The lowest BCUT2D eigenvalue weighted by molar-refractivity contribution is 0.447. The van der Waals surface area contributed by atoms with E-state index in [1.165, 1.54) is 6.07 Å². The van der Waals surface area contributed by atoms with Gasteiger partial charge in [-0.25, -0.2) is 0 Å². The fourth-order valence-electron chi connectivity index (χ4n) is 1.41. The zero-order valence-electron chi connectivity index (χ0n) is 8.62. The van der Waals surface area contributed by atoms with Gasteiger partial charge in [-0.05, 0) is 43.0 Å². The largest absolute Gasteiger partial charge is 0.508 e. The lowest BCUT2D eigenvalue weighted by Gasteiger charge is -2.12. The van der Waals surface area contributed by atoms with Crippen molar-refractivity contribution in [3.05, 3.63) is 23.3 Å². The van der Waals surface area contributed by atoms with Crippen LogP contribution in [0.1, 0.15) is 24.5 Å². The summed E-state index contributed by atoms with van der Waals surface area (Å²) in [4.78, 5) is 0. The van der Waals surface area contributed by atoms with Crippen LogP contribution < -0.4 is 5.73 Å². The van der Waals surface area contributed by atoms with E-state index in [0.29, 0.717) is 12.0 Å². The summed E-state index contributed by atoms with van der Waals surface area (Å²) in [6.07, 6.45) is 1.45. The van der Waals surface area contributed by atoms with Gasteiger partial charge in [-0.1, -0.05) is 6.92 Å². The number of hydrogen-bond acceptors (Lipinski definition) is 3. The van der Waals surface area contributed by atoms with Gasteiger partial charge in [0.05, 0.1) is 0 Å². The van der Waals surface area contributed by atoms with Crippen LogP contribution in [0.3, 0.4) is 0 Å². The van der Waals surface area contributed by atoms with Gasteiger partial charge in [0.15, 0.2) is 0 Å². The maximum absolute atomic E-state index is 9.70. The van der Waals surface area contributed by atoms with Crippen molar-refractivity contribution in [2.45, 2.75) is 32.7 Å². The molecular formula is C11H17NO2. The zero-order valence-corrected chi connectivity index (χ0v) is 8.62. The zero-order chi connectivity index (χ0) is 10.7. The Morgan fingerprint density at radius 3 is 2.57 bits per heavy atom. The normalized spacial score (nSPS) is 12.8. The second-order valence-electron chi connectivity index (χ2n) is 3.64.